The second-order valence-electron chi connectivity index (χ2n) is 20.6. The average Bonchev–Trinajstić information content (AvgIpc) is 3.35. The molecule has 0 aromatic heterocycles. The van der Waals surface area contributed by atoms with Crippen LogP contribution in [0.1, 0.15) is 329 Å². The zero-order valence-corrected chi connectivity index (χ0v) is 46.3. The molecule has 0 aromatic rings. The van der Waals surface area contributed by atoms with Crippen molar-refractivity contribution in [3.8, 4) is 0 Å². The molecule has 6 heteroatoms. The van der Waals surface area contributed by atoms with Crippen LogP contribution in [0.25, 0.3) is 0 Å². The Labute approximate surface area is 429 Å². The molecule has 0 fully saturated rings. The molecule has 0 aliphatic carbocycles. The lowest BCUT2D eigenvalue weighted by Gasteiger charge is -2.18. The van der Waals surface area contributed by atoms with Crippen LogP contribution in [0, 0.1) is 0 Å². The van der Waals surface area contributed by atoms with E-state index in [1.54, 1.807) is 0 Å². The van der Waals surface area contributed by atoms with Crippen LogP contribution in [0.4, 0.5) is 0 Å². The first kappa shape index (κ1) is 66.6. The number of allylic oxidation sites excluding steroid dienone is 6. The van der Waals surface area contributed by atoms with Gasteiger partial charge in [-0.25, -0.2) is 0 Å². The van der Waals surface area contributed by atoms with Gasteiger partial charge in [0.1, 0.15) is 13.2 Å². The Morgan fingerprint density at radius 2 is 0.565 bits per heavy atom. The van der Waals surface area contributed by atoms with Gasteiger partial charge in [-0.3, -0.25) is 14.4 Å². The summed E-state index contributed by atoms with van der Waals surface area (Å²) >= 11 is 0. The number of unbranched alkanes of at least 4 members (excludes halogenated alkanes) is 39. The maximum absolute atomic E-state index is 12.9. The molecule has 0 radical (unpaired) electrons. The van der Waals surface area contributed by atoms with E-state index in [9.17, 15) is 14.4 Å². The number of carbonyl (C=O) groups is 3. The van der Waals surface area contributed by atoms with Gasteiger partial charge >= 0.3 is 17.9 Å². The van der Waals surface area contributed by atoms with E-state index in [-0.39, 0.29) is 31.1 Å². The fourth-order valence-electron chi connectivity index (χ4n) is 9.11. The summed E-state index contributed by atoms with van der Waals surface area (Å²) in [6.45, 7) is 6.57. The number of rotatable bonds is 56. The molecule has 69 heavy (non-hydrogen) atoms. The molecule has 0 bridgehead atoms. The topological polar surface area (TPSA) is 78.9 Å². The third-order valence-electron chi connectivity index (χ3n) is 13.7. The van der Waals surface area contributed by atoms with Gasteiger partial charge in [-0.05, 0) is 51.4 Å². The van der Waals surface area contributed by atoms with E-state index in [4.69, 9.17) is 14.2 Å². The summed E-state index contributed by atoms with van der Waals surface area (Å²) in [5.41, 5.74) is 0. The van der Waals surface area contributed by atoms with Gasteiger partial charge in [-0.1, -0.05) is 295 Å². The molecule has 404 valence electrons. The first-order valence-electron chi connectivity index (χ1n) is 30.5. The van der Waals surface area contributed by atoms with E-state index in [0.717, 1.165) is 96.3 Å². The third kappa shape index (κ3) is 56.4. The van der Waals surface area contributed by atoms with Crippen LogP contribution in [-0.4, -0.2) is 37.2 Å². The monoisotopic (exact) mass is 969 g/mol. The Bertz CT molecular complexity index is 1160. The van der Waals surface area contributed by atoms with Gasteiger partial charge in [0.25, 0.3) is 0 Å². The SMILES string of the molecule is CC/C=C\C/C=C\C/C=C\CCCCCCCC(=O)O[C@@H](COC(=O)CCCCCCCCCCCCCCCCC)COC(=O)CCCCCCCCCCCCCCCCCCCCCCC. The molecule has 0 saturated carbocycles. The quantitative estimate of drug-likeness (QED) is 0.0261. The number of esters is 3. The van der Waals surface area contributed by atoms with Gasteiger partial charge in [0.15, 0.2) is 6.10 Å². The van der Waals surface area contributed by atoms with Crippen molar-refractivity contribution in [1.29, 1.82) is 0 Å². The van der Waals surface area contributed by atoms with Gasteiger partial charge < -0.3 is 14.2 Å². The minimum Gasteiger partial charge on any atom is -0.462 e. The molecule has 0 aromatic carbocycles. The first-order valence-corrected chi connectivity index (χ1v) is 30.5. The van der Waals surface area contributed by atoms with Crippen LogP contribution < -0.4 is 0 Å². The van der Waals surface area contributed by atoms with Crippen LogP contribution in [-0.2, 0) is 28.6 Å². The average molecular weight is 970 g/mol. The second kappa shape index (κ2) is 58.2. The van der Waals surface area contributed by atoms with Crippen LogP contribution in [0.2, 0.25) is 0 Å². The van der Waals surface area contributed by atoms with Crippen molar-refractivity contribution in [2.24, 2.45) is 0 Å². The highest BCUT2D eigenvalue weighted by molar-refractivity contribution is 5.71. The van der Waals surface area contributed by atoms with Crippen molar-refractivity contribution >= 4 is 17.9 Å². The van der Waals surface area contributed by atoms with E-state index in [2.05, 4.69) is 57.2 Å². The van der Waals surface area contributed by atoms with Crippen LogP contribution in [0.5, 0.6) is 0 Å². The summed E-state index contributed by atoms with van der Waals surface area (Å²) in [5, 5.41) is 0. The molecule has 0 amide bonds. The molecular weight excluding hydrogens is 853 g/mol. The molecular formula is C63H116O6. The Kier molecular flexibility index (Phi) is 56.2. The number of carbonyl (C=O) groups excluding carboxylic acids is 3. The van der Waals surface area contributed by atoms with Gasteiger partial charge in [-0.15, -0.1) is 0 Å². The molecule has 0 heterocycles. The summed E-state index contributed by atoms with van der Waals surface area (Å²) in [4.78, 5) is 38.2. The Morgan fingerprint density at radius 3 is 0.884 bits per heavy atom. The van der Waals surface area contributed by atoms with Gasteiger partial charge in [0.2, 0.25) is 0 Å². The molecule has 0 aliphatic rings. The Hall–Kier alpha value is -2.37. The minimum atomic E-state index is -0.777. The van der Waals surface area contributed by atoms with Gasteiger partial charge in [0, 0.05) is 19.3 Å². The van der Waals surface area contributed by atoms with E-state index in [0.29, 0.717) is 19.3 Å². The highest BCUT2D eigenvalue weighted by atomic mass is 16.6. The van der Waals surface area contributed by atoms with E-state index in [1.807, 2.05) is 0 Å². The van der Waals surface area contributed by atoms with Crippen molar-refractivity contribution in [2.45, 2.75) is 335 Å². The summed E-state index contributed by atoms with van der Waals surface area (Å²) in [6.07, 6.45) is 70.0. The third-order valence-corrected chi connectivity index (χ3v) is 13.7. The van der Waals surface area contributed by atoms with Gasteiger partial charge in [0.05, 0.1) is 0 Å². The van der Waals surface area contributed by atoms with Crippen LogP contribution in [0.3, 0.4) is 0 Å². The first-order chi connectivity index (χ1) is 34.0. The maximum atomic E-state index is 12.9. The standard InChI is InChI=1S/C63H116O6/c1-4-7-10-13-16-19-22-25-28-29-30-31-32-33-36-38-41-44-47-50-53-56-62(65)68-59-60(69-63(66)57-54-51-48-45-42-39-35-27-24-21-18-15-12-9-6-3)58-67-61(64)55-52-49-46-43-40-37-34-26-23-20-17-14-11-8-5-2/h9,12,18,21,27,35,60H,4-8,10-11,13-17,19-20,22-26,28-34,36-59H2,1-3H3/b12-9-,21-18-,35-27-/t60-/m0/s1. The van der Waals surface area contributed by atoms with E-state index >= 15 is 0 Å². The highest BCUT2D eigenvalue weighted by Gasteiger charge is 2.19. The summed E-state index contributed by atoms with van der Waals surface area (Å²) in [6, 6.07) is 0. The lowest BCUT2D eigenvalue weighted by molar-refractivity contribution is -0.167. The largest absolute Gasteiger partial charge is 0.462 e. The molecule has 0 rings (SSSR count). The molecule has 0 unspecified atom stereocenters. The maximum Gasteiger partial charge on any atom is 0.306 e. The number of hydrogen-bond donors (Lipinski definition) is 0. The molecule has 0 aliphatic heterocycles. The zero-order valence-electron chi connectivity index (χ0n) is 46.3. The van der Waals surface area contributed by atoms with Crippen molar-refractivity contribution < 1.29 is 28.6 Å². The predicted molar refractivity (Wildman–Crippen MR) is 298 cm³/mol. The van der Waals surface area contributed by atoms with Crippen LogP contribution >= 0.6 is 0 Å². The van der Waals surface area contributed by atoms with E-state index < -0.39 is 6.10 Å². The Balaban J connectivity index is 4.30. The fraction of sp³-hybridized carbons (Fsp3) is 0.857. The predicted octanol–water partition coefficient (Wildman–Crippen LogP) is 20.4. The summed E-state index contributed by atoms with van der Waals surface area (Å²) < 4.78 is 16.9. The lowest BCUT2D eigenvalue weighted by Crippen LogP contribution is -2.30. The molecule has 1 atom stereocenters. The highest BCUT2D eigenvalue weighted by Crippen LogP contribution is 2.18. The smallest absolute Gasteiger partial charge is 0.306 e. The molecule has 0 spiro atoms. The molecule has 0 saturated heterocycles. The van der Waals surface area contributed by atoms with Gasteiger partial charge in [-0.2, -0.15) is 0 Å². The van der Waals surface area contributed by atoms with Crippen LogP contribution in [0.15, 0.2) is 36.5 Å². The second-order valence-corrected chi connectivity index (χ2v) is 20.6. The van der Waals surface area contributed by atoms with E-state index in [1.165, 1.54) is 193 Å². The molecule has 0 N–H and O–H groups in total. The zero-order chi connectivity index (χ0) is 50.0. The molecule has 6 nitrogen and oxygen atoms in total. The van der Waals surface area contributed by atoms with Crippen molar-refractivity contribution in [3.63, 3.8) is 0 Å². The lowest BCUT2D eigenvalue weighted by atomic mass is 10.0. The minimum absolute atomic E-state index is 0.0741. The summed E-state index contributed by atoms with van der Waals surface area (Å²) in [5.74, 6) is -0.869. The van der Waals surface area contributed by atoms with Crippen molar-refractivity contribution in [3.05, 3.63) is 36.5 Å². The number of ether oxygens (including phenoxy) is 3. The normalized spacial score (nSPS) is 12.2. The van der Waals surface area contributed by atoms with Crippen molar-refractivity contribution in [1.82, 2.24) is 0 Å². The Morgan fingerprint density at radius 1 is 0.304 bits per heavy atom. The summed E-state index contributed by atoms with van der Waals surface area (Å²) in [7, 11) is 0. The number of hydrogen-bond acceptors (Lipinski definition) is 6. The van der Waals surface area contributed by atoms with Crippen molar-refractivity contribution in [2.75, 3.05) is 13.2 Å². The fourth-order valence-corrected chi connectivity index (χ4v) is 9.11.